The Hall–Kier alpha value is -2.70. The summed E-state index contributed by atoms with van der Waals surface area (Å²) in [5, 5.41) is 15.4. The summed E-state index contributed by atoms with van der Waals surface area (Å²) in [6.45, 7) is 0. The number of hydrogen-bond donors (Lipinski definition) is 2. The first-order chi connectivity index (χ1) is 12.9. The van der Waals surface area contributed by atoms with E-state index < -0.39 is 5.97 Å². The van der Waals surface area contributed by atoms with E-state index in [9.17, 15) is 14.0 Å². The van der Waals surface area contributed by atoms with Crippen LogP contribution in [-0.4, -0.2) is 17.0 Å². The van der Waals surface area contributed by atoms with Crippen LogP contribution in [0.25, 0.3) is 0 Å². The number of carboxylic acid groups (broad SMARTS) is 1. The molecule has 3 rings (SSSR count). The number of thiophene rings is 1. The molecule has 7 heteroatoms. The molecule has 0 aliphatic heterocycles. The third-order valence-corrected chi connectivity index (χ3v) is 5.10. The van der Waals surface area contributed by atoms with Crippen molar-refractivity contribution in [2.24, 2.45) is 0 Å². The fourth-order valence-electron chi connectivity index (χ4n) is 2.76. The summed E-state index contributed by atoms with van der Waals surface area (Å²) in [5.74, 6) is -2.11. The first kappa shape index (κ1) is 19.1. The molecule has 2 N–H and O–H groups in total. The Bertz CT molecular complexity index is 909. The second-order valence-electron chi connectivity index (χ2n) is 5.91. The van der Waals surface area contributed by atoms with Crippen LogP contribution in [0, 0.1) is 5.82 Å². The predicted octanol–water partition coefficient (Wildman–Crippen LogP) is 5.40. The van der Waals surface area contributed by atoms with Gasteiger partial charge in [0.05, 0.1) is 11.3 Å². The van der Waals surface area contributed by atoms with E-state index >= 15 is 0 Å². The average molecular weight is 404 g/mol. The molecule has 0 saturated heterocycles. The summed E-state index contributed by atoms with van der Waals surface area (Å²) < 4.78 is 13.3. The number of carbonyl (C=O) groups excluding carboxylic acids is 1. The molecule has 0 radical (unpaired) electrons. The van der Waals surface area contributed by atoms with Crippen molar-refractivity contribution in [3.63, 3.8) is 0 Å². The maximum absolute atomic E-state index is 13.3. The van der Waals surface area contributed by atoms with Crippen LogP contribution in [0.2, 0.25) is 5.02 Å². The highest BCUT2D eigenvalue weighted by atomic mass is 35.5. The molecule has 0 spiro atoms. The number of benzene rings is 2. The maximum Gasteiger partial charge on any atom is 0.338 e. The fraction of sp³-hybridized carbons (Fsp3) is 0.100. The highest BCUT2D eigenvalue weighted by Crippen LogP contribution is 2.30. The van der Waals surface area contributed by atoms with Crippen molar-refractivity contribution in [2.45, 2.75) is 12.3 Å². The standard InChI is InChI=1S/C20H15ClFNO3S/c21-14-5-1-12(2-6-14)16(13-3-7-15(22)8-4-13)9-19(24)23-18-11-27-10-17(18)20(25)26/h1-8,10-11,16H,9H2,(H,23,24)(H,25,26). The average Bonchev–Trinajstić information content (AvgIpc) is 3.10. The monoisotopic (exact) mass is 403 g/mol. The minimum Gasteiger partial charge on any atom is -0.478 e. The zero-order valence-corrected chi connectivity index (χ0v) is 15.6. The van der Waals surface area contributed by atoms with Crippen LogP contribution in [0.3, 0.4) is 0 Å². The van der Waals surface area contributed by atoms with Crippen LogP contribution in [0.5, 0.6) is 0 Å². The van der Waals surface area contributed by atoms with Gasteiger partial charge in [-0.15, -0.1) is 11.3 Å². The summed E-state index contributed by atoms with van der Waals surface area (Å²) in [6.07, 6.45) is 0.0716. The van der Waals surface area contributed by atoms with Crippen LogP contribution < -0.4 is 5.32 Å². The van der Waals surface area contributed by atoms with Crippen LogP contribution in [0.4, 0.5) is 10.1 Å². The number of anilines is 1. The molecular formula is C20H15ClFNO3S. The quantitative estimate of drug-likeness (QED) is 0.579. The van der Waals surface area contributed by atoms with Crippen molar-refractivity contribution < 1.29 is 19.1 Å². The van der Waals surface area contributed by atoms with Gasteiger partial charge >= 0.3 is 5.97 Å². The molecule has 0 aliphatic rings. The first-order valence-electron chi connectivity index (χ1n) is 8.04. The Balaban J connectivity index is 1.85. The lowest BCUT2D eigenvalue weighted by molar-refractivity contribution is -0.116. The third kappa shape index (κ3) is 4.72. The molecule has 27 heavy (non-hydrogen) atoms. The van der Waals surface area contributed by atoms with Crippen molar-refractivity contribution in [3.8, 4) is 0 Å². The minimum atomic E-state index is -1.10. The van der Waals surface area contributed by atoms with Gasteiger partial charge < -0.3 is 10.4 Å². The maximum atomic E-state index is 13.3. The number of halogens is 2. The molecule has 0 saturated carbocycles. The molecule has 3 aromatic rings. The third-order valence-electron chi connectivity index (χ3n) is 4.10. The van der Waals surface area contributed by atoms with Gasteiger partial charge in [0.1, 0.15) is 5.82 Å². The van der Waals surface area contributed by atoms with E-state index in [1.54, 1.807) is 29.6 Å². The van der Waals surface area contributed by atoms with Gasteiger partial charge in [-0.1, -0.05) is 35.9 Å². The summed E-state index contributed by atoms with van der Waals surface area (Å²) in [5.41, 5.74) is 1.95. The summed E-state index contributed by atoms with van der Waals surface area (Å²) in [4.78, 5) is 23.8. The van der Waals surface area contributed by atoms with Gasteiger partial charge in [0.2, 0.25) is 5.91 Å². The van der Waals surface area contributed by atoms with E-state index in [1.165, 1.54) is 28.8 Å². The van der Waals surface area contributed by atoms with E-state index in [1.807, 2.05) is 12.1 Å². The van der Waals surface area contributed by atoms with Crippen molar-refractivity contribution in [2.75, 3.05) is 5.32 Å². The first-order valence-corrected chi connectivity index (χ1v) is 9.36. The second-order valence-corrected chi connectivity index (χ2v) is 7.09. The van der Waals surface area contributed by atoms with E-state index in [4.69, 9.17) is 16.7 Å². The smallest absolute Gasteiger partial charge is 0.338 e. The summed E-state index contributed by atoms with van der Waals surface area (Å²) >= 11 is 7.15. The molecule has 2 aromatic carbocycles. The molecule has 1 unspecified atom stereocenters. The van der Waals surface area contributed by atoms with Gasteiger partial charge in [0, 0.05) is 28.1 Å². The normalized spacial score (nSPS) is 11.8. The van der Waals surface area contributed by atoms with E-state index in [0.717, 1.165) is 11.1 Å². The topological polar surface area (TPSA) is 66.4 Å². The Morgan fingerprint density at radius 1 is 1.04 bits per heavy atom. The zero-order chi connectivity index (χ0) is 19.4. The Morgan fingerprint density at radius 3 is 2.22 bits per heavy atom. The molecule has 138 valence electrons. The van der Waals surface area contributed by atoms with Gasteiger partial charge in [-0.05, 0) is 35.4 Å². The van der Waals surface area contributed by atoms with E-state index in [2.05, 4.69) is 5.32 Å². The predicted molar refractivity (Wildman–Crippen MR) is 104 cm³/mol. The highest BCUT2D eigenvalue weighted by molar-refractivity contribution is 7.08. The number of nitrogens with one attached hydrogen (secondary N) is 1. The van der Waals surface area contributed by atoms with Gasteiger partial charge in [0.15, 0.2) is 0 Å². The molecule has 1 aromatic heterocycles. The Kier molecular flexibility index (Phi) is 5.88. The lowest BCUT2D eigenvalue weighted by atomic mass is 9.88. The molecule has 1 atom stereocenters. The highest BCUT2D eigenvalue weighted by Gasteiger charge is 2.20. The minimum absolute atomic E-state index is 0.0539. The summed E-state index contributed by atoms with van der Waals surface area (Å²) in [7, 11) is 0. The largest absolute Gasteiger partial charge is 0.478 e. The molecule has 0 bridgehead atoms. The molecule has 0 fully saturated rings. The van der Waals surface area contributed by atoms with Crippen LogP contribution in [0.15, 0.2) is 59.3 Å². The molecule has 4 nitrogen and oxygen atoms in total. The van der Waals surface area contributed by atoms with E-state index in [0.29, 0.717) is 5.02 Å². The SMILES string of the molecule is O=C(CC(c1ccc(F)cc1)c1ccc(Cl)cc1)Nc1cscc1C(=O)O. The lowest BCUT2D eigenvalue weighted by Gasteiger charge is -2.18. The van der Waals surface area contributed by atoms with Gasteiger partial charge in [-0.2, -0.15) is 0 Å². The van der Waals surface area contributed by atoms with Gasteiger partial charge in [-0.3, -0.25) is 4.79 Å². The Labute approximate surface area is 164 Å². The number of rotatable bonds is 6. The second kappa shape index (κ2) is 8.33. The van der Waals surface area contributed by atoms with Crippen molar-refractivity contribution >= 4 is 40.5 Å². The van der Waals surface area contributed by atoms with Crippen LogP contribution >= 0.6 is 22.9 Å². The van der Waals surface area contributed by atoms with Gasteiger partial charge in [-0.25, -0.2) is 9.18 Å². The molecule has 1 amide bonds. The zero-order valence-electron chi connectivity index (χ0n) is 14.0. The number of hydrogen-bond acceptors (Lipinski definition) is 3. The van der Waals surface area contributed by atoms with Crippen LogP contribution in [-0.2, 0) is 4.79 Å². The fourth-order valence-corrected chi connectivity index (χ4v) is 3.64. The number of carboxylic acids is 1. The number of aromatic carboxylic acids is 1. The van der Waals surface area contributed by atoms with Crippen molar-refractivity contribution in [1.82, 2.24) is 0 Å². The number of amides is 1. The number of carbonyl (C=O) groups is 2. The summed E-state index contributed by atoms with van der Waals surface area (Å²) in [6, 6.07) is 13.0. The molecule has 1 heterocycles. The van der Waals surface area contributed by atoms with E-state index in [-0.39, 0.29) is 35.3 Å². The molecular weight excluding hydrogens is 389 g/mol. The van der Waals surface area contributed by atoms with Crippen molar-refractivity contribution in [1.29, 1.82) is 0 Å². The van der Waals surface area contributed by atoms with Gasteiger partial charge in [0.25, 0.3) is 0 Å². The lowest BCUT2D eigenvalue weighted by Crippen LogP contribution is -2.17. The Morgan fingerprint density at radius 2 is 1.63 bits per heavy atom. The van der Waals surface area contributed by atoms with Crippen molar-refractivity contribution in [3.05, 3.63) is 86.8 Å². The molecule has 0 aliphatic carbocycles. The van der Waals surface area contributed by atoms with Crippen LogP contribution in [0.1, 0.15) is 33.8 Å².